The predicted molar refractivity (Wildman–Crippen MR) is 94.1 cm³/mol. The van der Waals surface area contributed by atoms with Gasteiger partial charge in [-0.1, -0.05) is 49.2 Å². The van der Waals surface area contributed by atoms with E-state index in [2.05, 4.69) is 12.2 Å². The first-order valence-electron chi connectivity index (χ1n) is 7.66. The Hall–Kier alpha value is -1.80. The first-order chi connectivity index (χ1) is 10.5. The summed E-state index contributed by atoms with van der Waals surface area (Å²) >= 11 is 6.29. The minimum Gasteiger partial charge on any atom is -0.321 e. The third-order valence-electron chi connectivity index (χ3n) is 3.94. The molecular weight excluding hydrogens is 294 g/mol. The van der Waals surface area contributed by atoms with Crippen LogP contribution in [-0.2, 0) is 12.8 Å². The summed E-state index contributed by atoms with van der Waals surface area (Å²) in [6.45, 7) is 8.11. The topological polar surface area (TPSA) is 29.1 Å². The molecule has 2 rings (SSSR count). The van der Waals surface area contributed by atoms with Gasteiger partial charge in [0.1, 0.15) is 0 Å². The van der Waals surface area contributed by atoms with Crippen LogP contribution < -0.4 is 5.32 Å². The number of hydrogen-bond acceptors (Lipinski definition) is 1. The van der Waals surface area contributed by atoms with Gasteiger partial charge in [-0.2, -0.15) is 0 Å². The van der Waals surface area contributed by atoms with Gasteiger partial charge in [-0.3, -0.25) is 4.79 Å². The number of benzene rings is 2. The Labute approximate surface area is 137 Å². The van der Waals surface area contributed by atoms with Gasteiger partial charge in [0.2, 0.25) is 0 Å². The second-order valence-electron chi connectivity index (χ2n) is 5.54. The van der Waals surface area contributed by atoms with E-state index in [1.54, 1.807) is 0 Å². The number of halogens is 1. The van der Waals surface area contributed by atoms with E-state index in [9.17, 15) is 4.79 Å². The Bertz CT molecular complexity index is 707. The van der Waals surface area contributed by atoms with Gasteiger partial charge in [-0.15, -0.1) is 0 Å². The van der Waals surface area contributed by atoms with Crippen molar-refractivity contribution >= 4 is 23.2 Å². The largest absolute Gasteiger partial charge is 0.321 e. The number of nitrogens with one attached hydrogen (secondary N) is 1. The summed E-state index contributed by atoms with van der Waals surface area (Å²) in [6.07, 6.45) is 1.64. The van der Waals surface area contributed by atoms with E-state index in [1.807, 2.05) is 51.1 Å². The van der Waals surface area contributed by atoms with Gasteiger partial charge in [-0.25, -0.2) is 0 Å². The second-order valence-corrected chi connectivity index (χ2v) is 5.95. The molecule has 0 aliphatic carbocycles. The summed E-state index contributed by atoms with van der Waals surface area (Å²) < 4.78 is 0. The van der Waals surface area contributed by atoms with Crippen molar-refractivity contribution in [1.82, 2.24) is 0 Å². The Morgan fingerprint density at radius 3 is 2.41 bits per heavy atom. The molecule has 3 heteroatoms. The molecule has 116 valence electrons. The number of amides is 1. The molecular formula is C19H22ClNO. The zero-order chi connectivity index (χ0) is 16.3. The maximum Gasteiger partial charge on any atom is 0.255 e. The minimum atomic E-state index is -0.0795. The number of carbonyl (C=O) groups excluding carboxylic acids is 1. The van der Waals surface area contributed by atoms with Crippen LogP contribution in [0.4, 0.5) is 5.69 Å². The van der Waals surface area contributed by atoms with Crippen LogP contribution in [-0.4, -0.2) is 5.91 Å². The smallest absolute Gasteiger partial charge is 0.255 e. The van der Waals surface area contributed by atoms with Gasteiger partial charge in [0.25, 0.3) is 5.91 Å². The van der Waals surface area contributed by atoms with E-state index >= 15 is 0 Å². The van der Waals surface area contributed by atoms with Crippen LogP contribution in [0.1, 0.15) is 46.5 Å². The molecule has 0 atom stereocenters. The molecule has 1 N–H and O–H groups in total. The van der Waals surface area contributed by atoms with Crippen molar-refractivity contribution in [3.63, 3.8) is 0 Å². The lowest BCUT2D eigenvalue weighted by molar-refractivity contribution is 0.102. The van der Waals surface area contributed by atoms with Crippen LogP contribution in [0.15, 0.2) is 30.3 Å². The average Bonchev–Trinajstić information content (AvgIpc) is 2.47. The highest BCUT2D eigenvalue weighted by atomic mass is 35.5. The Morgan fingerprint density at radius 2 is 1.82 bits per heavy atom. The molecule has 0 radical (unpaired) electrons. The van der Waals surface area contributed by atoms with E-state index in [0.29, 0.717) is 10.6 Å². The molecule has 0 aliphatic rings. The summed E-state index contributed by atoms with van der Waals surface area (Å²) in [5, 5.41) is 3.78. The van der Waals surface area contributed by atoms with Gasteiger partial charge in [0.05, 0.1) is 0 Å². The van der Waals surface area contributed by atoms with Crippen molar-refractivity contribution in [1.29, 1.82) is 0 Å². The van der Waals surface area contributed by atoms with Gasteiger partial charge in [0, 0.05) is 16.3 Å². The van der Waals surface area contributed by atoms with Crippen molar-refractivity contribution in [2.24, 2.45) is 0 Å². The fourth-order valence-corrected chi connectivity index (χ4v) is 3.01. The van der Waals surface area contributed by atoms with E-state index in [0.717, 1.165) is 40.8 Å². The summed E-state index contributed by atoms with van der Waals surface area (Å²) in [5.74, 6) is -0.0795. The molecule has 0 heterocycles. The van der Waals surface area contributed by atoms with Crippen LogP contribution in [0.25, 0.3) is 0 Å². The Balaban J connectivity index is 2.41. The molecule has 22 heavy (non-hydrogen) atoms. The molecule has 0 spiro atoms. The Kier molecular flexibility index (Phi) is 5.25. The molecule has 0 bridgehead atoms. The fourth-order valence-electron chi connectivity index (χ4n) is 2.72. The third-order valence-corrected chi connectivity index (χ3v) is 4.30. The lowest BCUT2D eigenvalue weighted by Gasteiger charge is -2.16. The van der Waals surface area contributed by atoms with Crippen molar-refractivity contribution in [3.05, 3.63) is 63.2 Å². The van der Waals surface area contributed by atoms with Gasteiger partial charge >= 0.3 is 0 Å². The number of carbonyl (C=O) groups is 1. The SMILES string of the molecule is CCc1ccc(Cl)c(CC)c1NC(=O)c1ccc(C)cc1C. The lowest BCUT2D eigenvalue weighted by Crippen LogP contribution is -2.16. The van der Waals surface area contributed by atoms with Crippen LogP contribution in [0.3, 0.4) is 0 Å². The zero-order valence-corrected chi connectivity index (χ0v) is 14.3. The average molecular weight is 316 g/mol. The van der Waals surface area contributed by atoms with Crippen LogP contribution in [0, 0.1) is 13.8 Å². The van der Waals surface area contributed by atoms with E-state index < -0.39 is 0 Å². The van der Waals surface area contributed by atoms with Crippen molar-refractivity contribution in [2.45, 2.75) is 40.5 Å². The highest BCUT2D eigenvalue weighted by molar-refractivity contribution is 6.32. The van der Waals surface area contributed by atoms with Gasteiger partial charge in [-0.05, 0) is 55.5 Å². The van der Waals surface area contributed by atoms with E-state index in [-0.39, 0.29) is 5.91 Å². The van der Waals surface area contributed by atoms with Crippen LogP contribution >= 0.6 is 11.6 Å². The van der Waals surface area contributed by atoms with Gasteiger partial charge < -0.3 is 5.32 Å². The quantitative estimate of drug-likeness (QED) is 0.811. The standard InChI is InChI=1S/C19H22ClNO/c1-5-14-8-10-17(20)15(6-2)18(14)21-19(22)16-9-7-12(3)11-13(16)4/h7-11H,5-6H2,1-4H3,(H,21,22). The van der Waals surface area contributed by atoms with Crippen molar-refractivity contribution < 1.29 is 4.79 Å². The molecule has 1 amide bonds. The van der Waals surface area contributed by atoms with Crippen molar-refractivity contribution in [3.8, 4) is 0 Å². The van der Waals surface area contributed by atoms with E-state index in [4.69, 9.17) is 11.6 Å². The first-order valence-corrected chi connectivity index (χ1v) is 8.04. The number of rotatable bonds is 4. The maximum absolute atomic E-state index is 12.6. The lowest BCUT2D eigenvalue weighted by atomic mass is 10.0. The first kappa shape index (κ1) is 16.6. The molecule has 0 saturated carbocycles. The van der Waals surface area contributed by atoms with E-state index in [1.165, 1.54) is 0 Å². The fraction of sp³-hybridized carbons (Fsp3) is 0.316. The number of aryl methyl sites for hydroxylation is 3. The highest BCUT2D eigenvalue weighted by Crippen LogP contribution is 2.30. The summed E-state index contributed by atoms with van der Waals surface area (Å²) in [4.78, 5) is 12.6. The number of anilines is 1. The zero-order valence-electron chi connectivity index (χ0n) is 13.6. The summed E-state index contributed by atoms with van der Waals surface area (Å²) in [7, 11) is 0. The van der Waals surface area contributed by atoms with Crippen LogP contribution in [0.2, 0.25) is 5.02 Å². The highest BCUT2D eigenvalue weighted by Gasteiger charge is 2.15. The molecule has 2 aromatic carbocycles. The normalized spacial score (nSPS) is 10.6. The van der Waals surface area contributed by atoms with Crippen molar-refractivity contribution in [2.75, 3.05) is 5.32 Å². The second kappa shape index (κ2) is 6.97. The number of hydrogen-bond donors (Lipinski definition) is 1. The third kappa shape index (κ3) is 3.33. The maximum atomic E-state index is 12.6. The molecule has 2 aromatic rings. The predicted octanol–water partition coefficient (Wildman–Crippen LogP) is 5.33. The molecule has 0 aliphatic heterocycles. The van der Waals surface area contributed by atoms with Gasteiger partial charge in [0.15, 0.2) is 0 Å². The monoisotopic (exact) mass is 315 g/mol. The summed E-state index contributed by atoms with van der Waals surface area (Å²) in [6, 6.07) is 9.75. The summed E-state index contributed by atoms with van der Waals surface area (Å²) in [5.41, 5.74) is 5.81. The van der Waals surface area contributed by atoms with Crippen LogP contribution in [0.5, 0.6) is 0 Å². The molecule has 0 aromatic heterocycles. The molecule has 0 saturated heterocycles. The molecule has 0 fully saturated rings. The minimum absolute atomic E-state index is 0.0795. The molecule has 0 unspecified atom stereocenters. The molecule has 2 nitrogen and oxygen atoms in total. The Morgan fingerprint density at radius 1 is 1.09 bits per heavy atom.